The van der Waals surface area contributed by atoms with Crippen molar-refractivity contribution in [2.24, 2.45) is 0 Å². The molecule has 0 unspecified atom stereocenters. The summed E-state index contributed by atoms with van der Waals surface area (Å²) < 4.78 is 4.33. The molecule has 0 aromatic rings. The molecule has 9 heteroatoms. The van der Waals surface area contributed by atoms with Gasteiger partial charge in [0.15, 0.2) is 0 Å². The molecule has 2 amide bonds. The lowest BCUT2D eigenvalue weighted by Crippen LogP contribution is -2.47. The van der Waals surface area contributed by atoms with E-state index in [0.29, 0.717) is 4.90 Å². The summed E-state index contributed by atoms with van der Waals surface area (Å²) in [7, 11) is 2.36. The average molecular weight is 262 g/mol. The predicted octanol–water partition coefficient (Wildman–Crippen LogP) is -1.32. The number of urea groups is 1. The van der Waals surface area contributed by atoms with Gasteiger partial charge in [0, 0.05) is 7.05 Å². The number of rotatable bonds is 6. The van der Waals surface area contributed by atoms with Crippen LogP contribution in [0, 0.1) is 0 Å². The largest absolute Gasteiger partial charge is 0.480 e. The van der Waals surface area contributed by atoms with Gasteiger partial charge in [0.25, 0.3) is 0 Å². The van der Waals surface area contributed by atoms with E-state index in [0.717, 1.165) is 12.0 Å². The van der Waals surface area contributed by atoms with E-state index in [1.807, 2.05) is 0 Å². The van der Waals surface area contributed by atoms with Crippen LogP contribution in [-0.2, 0) is 19.1 Å². The molecular formula is C9H14N2O7. The number of nitrogens with zero attached hydrogens (tertiary/aromatic N) is 2. The van der Waals surface area contributed by atoms with Gasteiger partial charge in [0.2, 0.25) is 0 Å². The van der Waals surface area contributed by atoms with Crippen molar-refractivity contribution in [2.45, 2.75) is 0 Å². The van der Waals surface area contributed by atoms with Crippen molar-refractivity contribution in [1.29, 1.82) is 0 Å². The summed E-state index contributed by atoms with van der Waals surface area (Å²) in [4.78, 5) is 45.1. The van der Waals surface area contributed by atoms with Crippen LogP contribution in [0.4, 0.5) is 4.79 Å². The monoisotopic (exact) mass is 262 g/mol. The molecule has 2 N–H and O–H groups in total. The van der Waals surface area contributed by atoms with Crippen LogP contribution in [0.15, 0.2) is 0 Å². The minimum atomic E-state index is -1.35. The Bertz CT molecular complexity index is 339. The van der Waals surface area contributed by atoms with Crippen molar-refractivity contribution >= 4 is 23.9 Å². The van der Waals surface area contributed by atoms with Crippen molar-refractivity contribution in [2.75, 3.05) is 33.8 Å². The van der Waals surface area contributed by atoms with Crippen LogP contribution in [0.3, 0.4) is 0 Å². The highest BCUT2D eigenvalue weighted by molar-refractivity contribution is 5.86. The lowest BCUT2D eigenvalue weighted by molar-refractivity contribution is -0.141. The zero-order valence-corrected chi connectivity index (χ0v) is 9.95. The number of carboxylic acid groups (broad SMARTS) is 2. The van der Waals surface area contributed by atoms with E-state index in [-0.39, 0.29) is 0 Å². The van der Waals surface area contributed by atoms with Gasteiger partial charge in [-0.2, -0.15) is 0 Å². The maximum Gasteiger partial charge on any atom is 0.325 e. The van der Waals surface area contributed by atoms with Crippen LogP contribution in [0.1, 0.15) is 0 Å². The molecule has 0 bridgehead atoms. The van der Waals surface area contributed by atoms with E-state index >= 15 is 0 Å². The van der Waals surface area contributed by atoms with E-state index in [4.69, 9.17) is 10.2 Å². The zero-order chi connectivity index (χ0) is 14.3. The Hall–Kier alpha value is -2.32. The molecule has 0 rings (SSSR count). The molecule has 102 valence electrons. The van der Waals surface area contributed by atoms with Gasteiger partial charge in [-0.1, -0.05) is 0 Å². The van der Waals surface area contributed by atoms with Gasteiger partial charge in [-0.15, -0.1) is 0 Å². The molecular weight excluding hydrogens is 248 g/mol. The second-order valence-electron chi connectivity index (χ2n) is 3.36. The first-order chi connectivity index (χ1) is 8.27. The molecule has 0 radical (unpaired) electrons. The minimum Gasteiger partial charge on any atom is -0.480 e. The van der Waals surface area contributed by atoms with Crippen LogP contribution in [0.5, 0.6) is 0 Å². The number of amides is 2. The number of carboxylic acids is 2. The number of hydrogen-bond acceptors (Lipinski definition) is 5. The summed E-state index contributed by atoms with van der Waals surface area (Å²) >= 11 is 0. The zero-order valence-electron chi connectivity index (χ0n) is 9.95. The Balaban J connectivity index is 4.67. The van der Waals surface area contributed by atoms with Crippen LogP contribution in [0.25, 0.3) is 0 Å². The van der Waals surface area contributed by atoms with E-state index in [9.17, 15) is 19.2 Å². The third-order valence-corrected chi connectivity index (χ3v) is 1.84. The van der Waals surface area contributed by atoms with Crippen molar-refractivity contribution < 1.29 is 34.1 Å². The van der Waals surface area contributed by atoms with Gasteiger partial charge in [0.05, 0.1) is 7.11 Å². The first kappa shape index (κ1) is 15.7. The number of methoxy groups -OCH3 is 1. The Morgan fingerprint density at radius 3 is 1.78 bits per heavy atom. The fourth-order valence-electron chi connectivity index (χ4n) is 1.08. The molecule has 0 aromatic heterocycles. The highest BCUT2D eigenvalue weighted by atomic mass is 16.5. The highest BCUT2D eigenvalue weighted by Gasteiger charge is 2.24. The van der Waals surface area contributed by atoms with Gasteiger partial charge >= 0.3 is 23.9 Å². The smallest absolute Gasteiger partial charge is 0.325 e. The molecule has 0 aliphatic heterocycles. The fourth-order valence-corrected chi connectivity index (χ4v) is 1.08. The Kier molecular flexibility index (Phi) is 6.18. The molecule has 0 aliphatic rings. The molecule has 0 saturated heterocycles. The highest BCUT2D eigenvalue weighted by Crippen LogP contribution is 1.98. The average Bonchev–Trinajstić information content (AvgIpc) is 2.25. The molecule has 0 fully saturated rings. The van der Waals surface area contributed by atoms with Crippen LogP contribution in [-0.4, -0.2) is 77.7 Å². The lowest BCUT2D eigenvalue weighted by atomic mass is 10.4. The predicted molar refractivity (Wildman–Crippen MR) is 56.9 cm³/mol. The number of likely N-dealkylation sites (N-methyl/N-ethyl adjacent to an activating group) is 1. The van der Waals surface area contributed by atoms with Crippen molar-refractivity contribution in [3.8, 4) is 0 Å². The Morgan fingerprint density at radius 1 is 1.00 bits per heavy atom. The number of carbonyl (C=O) groups excluding carboxylic acids is 2. The SMILES string of the molecule is COC(=O)CN(C)C(=O)N(CC(=O)O)CC(=O)O. The van der Waals surface area contributed by atoms with E-state index in [1.54, 1.807) is 0 Å². The summed E-state index contributed by atoms with van der Waals surface area (Å²) in [5.41, 5.74) is 0. The van der Waals surface area contributed by atoms with E-state index in [2.05, 4.69) is 4.74 Å². The van der Waals surface area contributed by atoms with Gasteiger partial charge in [0.1, 0.15) is 19.6 Å². The summed E-state index contributed by atoms with van der Waals surface area (Å²) in [5.74, 6) is -3.40. The van der Waals surface area contributed by atoms with Gasteiger partial charge < -0.3 is 24.7 Å². The third-order valence-electron chi connectivity index (χ3n) is 1.84. The normalized spacial score (nSPS) is 9.44. The number of hydrogen-bond donors (Lipinski definition) is 2. The number of aliphatic carboxylic acids is 2. The van der Waals surface area contributed by atoms with Gasteiger partial charge in [-0.05, 0) is 0 Å². The number of esters is 1. The second kappa shape index (κ2) is 7.09. The molecule has 9 nitrogen and oxygen atoms in total. The number of ether oxygens (including phenoxy) is 1. The van der Waals surface area contributed by atoms with Crippen LogP contribution >= 0.6 is 0 Å². The molecule has 0 heterocycles. The summed E-state index contributed by atoms with van der Waals surface area (Å²) in [6.45, 7) is -1.93. The fraction of sp³-hybridized carbons (Fsp3) is 0.556. The molecule has 0 aromatic carbocycles. The number of carbonyl (C=O) groups is 4. The molecule has 0 saturated carbocycles. The van der Waals surface area contributed by atoms with Gasteiger partial charge in [-0.3, -0.25) is 14.4 Å². The van der Waals surface area contributed by atoms with E-state index < -0.39 is 43.6 Å². The van der Waals surface area contributed by atoms with Crippen molar-refractivity contribution in [3.63, 3.8) is 0 Å². The molecule has 0 spiro atoms. The lowest BCUT2D eigenvalue weighted by Gasteiger charge is -2.24. The minimum absolute atomic E-state index is 0.398. The Morgan fingerprint density at radius 2 is 1.44 bits per heavy atom. The Labute approximate surface area is 103 Å². The first-order valence-corrected chi connectivity index (χ1v) is 4.78. The quantitative estimate of drug-likeness (QED) is 0.569. The molecule has 0 aliphatic carbocycles. The van der Waals surface area contributed by atoms with Crippen LogP contribution < -0.4 is 0 Å². The van der Waals surface area contributed by atoms with Crippen molar-refractivity contribution in [3.05, 3.63) is 0 Å². The van der Waals surface area contributed by atoms with Crippen molar-refractivity contribution in [1.82, 2.24) is 9.80 Å². The second-order valence-corrected chi connectivity index (χ2v) is 3.36. The topological polar surface area (TPSA) is 124 Å². The first-order valence-electron chi connectivity index (χ1n) is 4.78. The molecule has 18 heavy (non-hydrogen) atoms. The van der Waals surface area contributed by atoms with Crippen LogP contribution in [0.2, 0.25) is 0 Å². The maximum atomic E-state index is 11.7. The summed E-state index contributed by atoms with van der Waals surface area (Å²) in [6, 6.07) is -0.884. The summed E-state index contributed by atoms with van der Waals surface area (Å²) in [5, 5.41) is 17.1. The standard InChI is InChI=1S/C9H14N2O7/c1-10(5-8(16)18-2)9(17)11(3-6(12)13)4-7(14)15/h3-5H2,1-2H3,(H,12,13)(H,14,15). The van der Waals surface area contributed by atoms with E-state index in [1.165, 1.54) is 7.05 Å². The molecule has 0 atom stereocenters. The summed E-state index contributed by atoms with van der Waals surface area (Å²) in [6.07, 6.45) is 0. The third kappa shape index (κ3) is 5.68. The van der Waals surface area contributed by atoms with Gasteiger partial charge in [-0.25, -0.2) is 4.79 Å². The maximum absolute atomic E-state index is 11.7.